The third-order valence-corrected chi connectivity index (χ3v) is 4.23. The van der Waals surface area contributed by atoms with Gasteiger partial charge in [0.15, 0.2) is 0 Å². The Kier molecular flexibility index (Phi) is 6.67. The lowest BCUT2D eigenvalue weighted by Gasteiger charge is -2.20. The first-order valence-electron chi connectivity index (χ1n) is 8.76. The van der Waals surface area contributed by atoms with E-state index in [1.165, 1.54) is 12.1 Å². The lowest BCUT2D eigenvalue weighted by Crippen LogP contribution is -2.33. The molecule has 1 heterocycles. The van der Waals surface area contributed by atoms with Gasteiger partial charge in [-0.15, -0.1) is 0 Å². The summed E-state index contributed by atoms with van der Waals surface area (Å²) in [7, 11) is -1.98. The van der Waals surface area contributed by atoms with Crippen LogP contribution in [-0.4, -0.2) is 50.9 Å². The Balaban J connectivity index is 3.01. The summed E-state index contributed by atoms with van der Waals surface area (Å²) < 4.78 is 5.67. The fraction of sp³-hybridized carbons (Fsp3) is 0.278. The lowest BCUT2D eigenvalue weighted by molar-refractivity contribution is 0.0695. The van der Waals surface area contributed by atoms with E-state index in [9.17, 15) is 34.6 Å². The van der Waals surface area contributed by atoms with Crippen LogP contribution in [0.3, 0.4) is 0 Å². The zero-order chi connectivity index (χ0) is 21.9. The maximum Gasteiger partial charge on any atom is 0.492 e. The van der Waals surface area contributed by atoms with Gasteiger partial charge in [-0.2, -0.15) is 0 Å². The summed E-state index contributed by atoms with van der Waals surface area (Å²) in [5, 5.41) is 38.7. The molecule has 0 unspecified atom stereocenters. The van der Waals surface area contributed by atoms with E-state index in [1.807, 2.05) is 11.9 Å². The van der Waals surface area contributed by atoms with Crippen LogP contribution in [0.25, 0.3) is 11.1 Å². The molecule has 0 spiro atoms. The number of carboxylic acid groups (broad SMARTS) is 2. The van der Waals surface area contributed by atoms with E-state index in [4.69, 9.17) is 10.5 Å². The highest BCUT2D eigenvalue weighted by Crippen LogP contribution is 2.36. The van der Waals surface area contributed by atoms with Crippen LogP contribution in [0.2, 0.25) is 0 Å². The average Bonchev–Trinajstić information content (AvgIpc) is 2.60. The predicted octanol–water partition coefficient (Wildman–Crippen LogP) is 0.188. The third kappa shape index (κ3) is 4.41. The quantitative estimate of drug-likeness (QED) is 0.264. The van der Waals surface area contributed by atoms with Gasteiger partial charge in [-0.25, -0.2) is 9.59 Å². The van der Waals surface area contributed by atoms with Gasteiger partial charge in [-0.3, -0.25) is 4.79 Å². The normalized spacial score (nSPS) is 10.6. The van der Waals surface area contributed by atoms with Crippen LogP contribution in [0.5, 0.6) is 5.75 Å². The van der Waals surface area contributed by atoms with Crippen LogP contribution >= 0.6 is 0 Å². The number of aromatic amines is 1. The number of rotatable bonds is 8. The molecule has 0 aliphatic rings. The van der Waals surface area contributed by atoms with Crippen LogP contribution in [0.4, 0.5) is 5.82 Å². The number of hydrogen-bond donors (Lipinski definition) is 6. The molecule has 1 aromatic carbocycles. The molecule has 0 amide bonds. The van der Waals surface area contributed by atoms with Crippen LogP contribution in [0.15, 0.2) is 16.9 Å². The Labute approximate surface area is 165 Å². The van der Waals surface area contributed by atoms with E-state index in [1.54, 1.807) is 6.92 Å². The van der Waals surface area contributed by atoms with Crippen molar-refractivity contribution in [3.63, 3.8) is 0 Å². The largest absolute Gasteiger partial charge is 0.493 e. The van der Waals surface area contributed by atoms with E-state index in [2.05, 4.69) is 0 Å². The maximum absolute atomic E-state index is 12.3. The third-order valence-electron chi connectivity index (χ3n) is 4.23. The molecule has 2 aromatic rings. The monoisotopic (exact) mass is 404 g/mol. The number of aromatic carboxylic acids is 2. The molecule has 29 heavy (non-hydrogen) atoms. The number of carbonyl (C=O) groups is 2. The Morgan fingerprint density at radius 1 is 1.17 bits per heavy atom. The topological polar surface area (TPSA) is 183 Å². The zero-order valence-electron chi connectivity index (χ0n) is 15.9. The minimum absolute atomic E-state index is 0.0863. The number of pyridine rings is 1. The first-order valence-corrected chi connectivity index (χ1v) is 8.76. The van der Waals surface area contributed by atoms with Crippen molar-refractivity contribution in [3.8, 4) is 16.9 Å². The van der Waals surface area contributed by atoms with Crippen LogP contribution in [-0.2, 0) is 0 Å². The first kappa shape index (κ1) is 22.0. The van der Waals surface area contributed by atoms with E-state index in [0.29, 0.717) is 12.0 Å². The fourth-order valence-corrected chi connectivity index (χ4v) is 2.97. The number of nitrogens with one attached hydrogen (secondary N) is 1. The van der Waals surface area contributed by atoms with E-state index in [-0.39, 0.29) is 23.4 Å². The SMILES string of the molecule is CCCCOc1c(B(O)O)cc(C)cc1-c1c(C(=O)O)c(N)[nH]c(=O)c1C(=O)O. The molecule has 0 aliphatic carbocycles. The van der Waals surface area contributed by atoms with Crippen LogP contribution in [0, 0.1) is 6.92 Å². The summed E-state index contributed by atoms with van der Waals surface area (Å²) in [6.07, 6.45) is 1.36. The van der Waals surface area contributed by atoms with Gasteiger partial charge in [0.1, 0.15) is 22.7 Å². The molecular weight excluding hydrogens is 383 g/mol. The fourth-order valence-electron chi connectivity index (χ4n) is 2.97. The van der Waals surface area contributed by atoms with Crippen molar-refractivity contribution < 1.29 is 34.6 Å². The summed E-state index contributed by atoms with van der Waals surface area (Å²) in [5.41, 5.74) is 2.90. The number of anilines is 1. The number of carboxylic acids is 2. The standard InChI is InChI=1S/C18H21BN2O8/c1-3-4-5-29-14-9(6-8(2)7-10(14)19(27)28)11-12(17(23)24)15(20)21-16(22)13(11)18(25)26/h6-7,27-28H,3-5H2,1-2H3,(H,23,24)(H,25,26)(H3,20,21,22). The Bertz CT molecular complexity index is 1020. The molecule has 0 bridgehead atoms. The number of nitrogens with two attached hydrogens (primary N) is 1. The number of hydrogen-bond acceptors (Lipinski definition) is 7. The maximum atomic E-state index is 12.3. The second-order valence-corrected chi connectivity index (χ2v) is 6.41. The number of ether oxygens (including phenoxy) is 1. The molecule has 11 heteroatoms. The van der Waals surface area contributed by atoms with Crippen molar-refractivity contribution in [2.24, 2.45) is 0 Å². The van der Waals surface area contributed by atoms with Crippen molar-refractivity contribution >= 4 is 30.3 Å². The molecule has 0 aliphatic heterocycles. The van der Waals surface area contributed by atoms with E-state index in [0.717, 1.165) is 6.42 Å². The number of nitrogen functional groups attached to an aromatic ring is 1. The van der Waals surface area contributed by atoms with Crippen molar-refractivity contribution in [1.29, 1.82) is 0 Å². The van der Waals surface area contributed by atoms with Gasteiger partial charge in [0.05, 0.1) is 6.61 Å². The molecular formula is C18H21BN2O8. The Morgan fingerprint density at radius 2 is 1.79 bits per heavy atom. The van der Waals surface area contributed by atoms with Crippen molar-refractivity contribution in [2.75, 3.05) is 12.3 Å². The number of aryl methyl sites for hydroxylation is 1. The first-order chi connectivity index (χ1) is 13.6. The van der Waals surface area contributed by atoms with E-state index >= 15 is 0 Å². The molecule has 10 nitrogen and oxygen atoms in total. The summed E-state index contributed by atoms with van der Waals surface area (Å²) in [6.45, 7) is 3.64. The summed E-state index contributed by atoms with van der Waals surface area (Å²) in [5.74, 6) is -3.90. The second kappa shape index (κ2) is 8.80. The van der Waals surface area contributed by atoms with Crippen LogP contribution < -0.4 is 21.5 Å². The number of H-pyrrole nitrogens is 1. The van der Waals surface area contributed by atoms with Gasteiger partial charge in [-0.05, 0) is 19.4 Å². The van der Waals surface area contributed by atoms with Crippen molar-refractivity contribution in [1.82, 2.24) is 4.98 Å². The molecule has 0 atom stereocenters. The number of benzene rings is 1. The van der Waals surface area contributed by atoms with Gasteiger partial charge in [0.2, 0.25) is 0 Å². The lowest BCUT2D eigenvalue weighted by atomic mass is 9.76. The molecule has 154 valence electrons. The van der Waals surface area contributed by atoms with Gasteiger partial charge >= 0.3 is 19.1 Å². The Morgan fingerprint density at radius 3 is 2.31 bits per heavy atom. The molecule has 7 N–H and O–H groups in total. The van der Waals surface area contributed by atoms with Crippen molar-refractivity contribution in [2.45, 2.75) is 26.7 Å². The molecule has 0 radical (unpaired) electrons. The summed E-state index contributed by atoms with van der Waals surface area (Å²) >= 11 is 0. The smallest absolute Gasteiger partial charge is 0.492 e. The summed E-state index contributed by atoms with van der Waals surface area (Å²) in [6, 6.07) is 2.81. The van der Waals surface area contributed by atoms with Gasteiger partial charge < -0.3 is 35.7 Å². The highest BCUT2D eigenvalue weighted by Gasteiger charge is 2.31. The molecule has 0 saturated heterocycles. The average molecular weight is 404 g/mol. The van der Waals surface area contributed by atoms with Gasteiger partial charge in [0, 0.05) is 16.6 Å². The molecule has 2 rings (SSSR count). The number of aromatic nitrogens is 1. The van der Waals surface area contributed by atoms with Crippen LogP contribution in [0.1, 0.15) is 46.0 Å². The second-order valence-electron chi connectivity index (χ2n) is 6.41. The number of unbranched alkanes of at least 4 members (excludes halogenated alkanes) is 1. The highest BCUT2D eigenvalue weighted by molar-refractivity contribution is 6.60. The molecule has 0 saturated carbocycles. The highest BCUT2D eigenvalue weighted by atomic mass is 16.5. The minimum Gasteiger partial charge on any atom is -0.493 e. The van der Waals surface area contributed by atoms with Crippen molar-refractivity contribution in [3.05, 3.63) is 39.2 Å². The van der Waals surface area contributed by atoms with E-state index < -0.39 is 47.1 Å². The van der Waals surface area contributed by atoms with Gasteiger partial charge in [0.25, 0.3) is 5.56 Å². The Hall–Kier alpha value is -3.31. The minimum atomic E-state index is -1.98. The molecule has 0 fully saturated rings. The van der Waals surface area contributed by atoms with Gasteiger partial charge in [-0.1, -0.05) is 25.0 Å². The summed E-state index contributed by atoms with van der Waals surface area (Å²) in [4.78, 5) is 37.9. The molecule has 1 aromatic heterocycles. The zero-order valence-corrected chi connectivity index (χ0v) is 15.9. The predicted molar refractivity (Wildman–Crippen MR) is 106 cm³/mol.